The van der Waals surface area contributed by atoms with Crippen LogP contribution in [0.5, 0.6) is 5.75 Å². The molecule has 0 atom stereocenters. The molecular weight excluding hydrogens is 408 g/mol. The molecule has 1 saturated carbocycles. The molecule has 0 bridgehead atoms. The second-order valence-electron chi connectivity index (χ2n) is 9.48. The molecule has 33 heavy (non-hydrogen) atoms. The van der Waals surface area contributed by atoms with Gasteiger partial charge in [-0.1, -0.05) is 62.7 Å². The van der Waals surface area contributed by atoms with Crippen LogP contribution in [-0.2, 0) is 22.4 Å². The van der Waals surface area contributed by atoms with Gasteiger partial charge in [-0.05, 0) is 92.0 Å². The molecule has 3 heteroatoms. The highest BCUT2D eigenvalue weighted by Gasteiger charge is 2.19. The van der Waals surface area contributed by atoms with Gasteiger partial charge in [-0.15, -0.1) is 0 Å². The third-order valence-electron chi connectivity index (χ3n) is 6.81. The maximum Gasteiger partial charge on any atom is 0.330 e. The van der Waals surface area contributed by atoms with E-state index in [2.05, 4.69) is 62.0 Å². The molecule has 0 amide bonds. The summed E-state index contributed by atoms with van der Waals surface area (Å²) >= 11 is 0. The Balaban J connectivity index is 1.29. The molecule has 0 aromatic heterocycles. The number of aryl methyl sites for hydroxylation is 2. The van der Waals surface area contributed by atoms with Crippen molar-refractivity contribution in [2.24, 2.45) is 5.92 Å². The van der Waals surface area contributed by atoms with Crippen molar-refractivity contribution in [3.63, 3.8) is 0 Å². The zero-order chi connectivity index (χ0) is 23.3. The van der Waals surface area contributed by atoms with Crippen molar-refractivity contribution in [2.45, 2.75) is 77.0 Å². The predicted molar refractivity (Wildman–Crippen MR) is 136 cm³/mol. The van der Waals surface area contributed by atoms with E-state index in [0.29, 0.717) is 6.61 Å². The Bertz CT molecular complexity index is 830. The van der Waals surface area contributed by atoms with E-state index >= 15 is 0 Å². The second-order valence-corrected chi connectivity index (χ2v) is 9.48. The van der Waals surface area contributed by atoms with Crippen molar-refractivity contribution < 1.29 is 14.3 Å². The Morgan fingerprint density at radius 2 is 1.42 bits per heavy atom. The highest BCUT2D eigenvalue weighted by Crippen LogP contribution is 2.35. The van der Waals surface area contributed by atoms with Crippen LogP contribution in [0.25, 0.3) is 0 Å². The first-order chi connectivity index (χ1) is 16.1. The van der Waals surface area contributed by atoms with Crippen molar-refractivity contribution in [3.8, 4) is 5.75 Å². The largest absolute Gasteiger partial charge is 0.494 e. The molecule has 2 aromatic rings. The van der Waals surface area contributed by atoms with Crippen LogP contribution in [-0.4, -0.2) is 19.2 Å². The van der Waals surface area contributed by atoms with Gasteiger partial charge in [0.2, 0.25) is 0 Å². The number of benzene rings is 2. The summed E-state index contributed by atoms with van der Waals surface area (Å²) in [5.74, 6) is 2.27. The van der Waals surface area contributed by atoms with Crippen LogP contribution >= 0.6 is 0 Å². The van der Waals surface area contributed by atoms with Crippen LogP contribution in [0.15, 0.2) is 61.2 Å². The number of carbonyl (C=O) groups is 1. The van der Waals surface area contributed by atoms with Crippen LogP contribution in [0, 0.1) is 5.92 Å². The summed E-state index contributed by atoms with van der Waals surface area (Å²) < 4.78 is 10.8. The van der Waals surface area contributed by atoms with Crippen LogP contribution < -0.4 is 4.74 Å². The first kappa shape index (κ1) is 25.1. The maximum atomic E-state index is 11.0. The number of unbranched alkanes of at least 4 members (excludes halogenated alkanes) is 3. The number of carbonyl (C=O) groups excluding carboxylic acids is 1. The SMILES string of the molecule is C=CC(=O)OCCCCCCOc1ccc(CCc2ccc(C3CCC(C)CC3)cc2)cc1. The van der Waals surface area contributed by atoms with E-state index in [1.54, 1.807) is 0 Å². The number of ether oxygens (including phenoxy) is 2. The van der Waals surface area contributed by atoms with Gasteiger partial charge in [-0.2, -0.15) is 0 Å². The first-order valence-corrected chi connectivity index (χ1v) is 12.7. The third kappa shape index (κ3) is 9.07. The van der Waals surface area contributed by atoms with E-state index in [1.165, 1.54) is 48.4 Å². The lowest BCUT2D eigenvalue weighted by atomic mass is 9.79. The summed E-state index contributed by atoms with van der Waals surface area (Å²) in [6.07, 6.45) is 12.8. The lowest BCUT2D eigenvalue weighted by molar-refractivity contribution is -0.137. The molecule has 3 nitrogen and oxygen atoms in total. The zero-order valence-electron chi connectivity index (χ0n) is 20.3. The van der Waals surface area contributed by atoms with Gasteiger partial charge < -0.3 is 9.47 Å². The molecule has 3 rings (SSSR count). The standard InChI is InChI=1S/C30H40O3/c1-3-30(31)33-23-7-5-4-6-22-32-29-20-14-26(15-21-29)11-10-25-12-18-28(19-13-25)27-16-8-24(2)9-17-27/h3,12-15,18-21,24,27H,1,4-11,16-17,22-23H2,2H3. The first-order valence-electron chi connectivity index (χ1n) is 12.7. The summed E-state index contributed by atoms with van der Waals surface area (Å²) in [6.45, 7) is 6.96. The fourth-order valence-corrected chi connectivity index (χ4v) is 4.57. The number of esters is 1. The Labute approximate surface area is 200 Å². The smallest absolute Gasteiger partial charge is 0.330 e. The van der Waals surface area contributed by atoms with Gasteiger partial charge >= 0.3 is 5.97 Å². The fraction of sp³-hybridized carbons (Fsp3) is 0.500. The van der Waals surface area contributed by atoms with E-state index in [-0.39, 0.29) is 5.97 Å². The van der Waals surface area contributed by atoms with Gasteiger partial charge in [0.05, 0.1) is 13.2 Å². The van der Waals surface area contributed by atoms with Crippen LogP contribution in [0.4, 0.5) is 0 Å². The van der Waals surface area contributed by atoms with Gasteiger partial charge in [0, 0.05) is 6.08 Å². The number of rotatable bonds is 13. The lowest BCUT2D eigenvalue weighted by Crippen LogP contribution is -2.10. The molecule has 0 unspecified atom stereocenters. The minimum Gasteiger partial charge on any atom is -0.494 e. The molecule has 0 spiro atoms. The average molecular weight is 449 g/mol. The van der Waals surface area contributed by atoms with Gasteiger partial charge in [-0.3, -0.25) is 0 Å². The van der Waals surface area contributed by atoms with Gasteiger partial charge in [-0.25, -0.2) is 4.79 Å². The molecule has 178 valence electrons. The second kappa shape index (κ2) is 13.9. The Kier molecular flexibility index (Phi) is 10.5. The molecule has 1 fully saturated rings. The van der Waals surface area contributed by atoms with Gasteiger partial charge in [0.25, 0.3) is 0 Å². The topological polar surface area (TPSA) is 35.5 Å². The molecule has 0 radical (unpaired) electrons. The lowest BCUT2D eigenvalue weighted by Gasteiger charge is -2.26. The Morgan fingerprint density at radius 1 is 0.848 bits per heavy atom. The summed E-state index contributed by atoms with van der Waals surface area (Å²) in [6, 6.07) is 17.9. The van der Waals surface area contributed by atoms with Crippen molar-refractivity contribution in [1.82, 2.24) is 0 Å². The van der Waals surface area contributed by atoms with E-state index in [9.17, 15) is 4.79 Å². The van der Waals surface area contributed by atoms with Crippen molar-refractivity contribution in [3.05, 3.63) is 77.9 Å². The summed E-state index contributed by atoms with van der Waals surface area (Å²) in [5, 5.41) is 0. The van der Waals surface area contributed by atoms with Crippen molar-refractivity contribution in [2.75, 3.05) is 13.2 Å². The molecule has 0 N–H and O–H groups in total. The van der Waals surface area contributed by atoms with E-state index < -0.39 is 0 Å². The molecule has 0 heterocycles. The third-order valence-corrected chi connectivity index (χ3v) is 6.81. The minimum atomic E-state index is -0.343. The monoisotopic (exact) mass is 448 g/mol. The number of hydrogen-bond donors (Lipinski definition) is 0. The Hall–Kier alpha value is -2.55. The van der Waals surface area contributed by atoms with Crippen molar-refractivity contribution >= 4 is 5.97 Å². The highest BCUT2D eigenvalue weighted by molar-refractivity contribution is 5.81. The molecule has 0 saturated heterocycles. The van der Waals surface area contributed by atoms with E-state index in [1.807, 2.05) is 0 Å². The predicted octanol–water partition coefficient (Wildman–Crippen LogP) is 7.43. The Morgan fingerprint density at radius 3 is 2.03 bits per heavy atom. The number of hydrogen-bond acceptors (Lipinski definition) is 3. The van der Waals surface area contributed by atoms with Gasteiger partial charge in [0.1, 0.15) is 5.75 Å². The molecule has 2 aromatic carbocycles. The molecule has 0 aliphatic heterocycles. The summed E-state index contributed by atoms with van der Waals surface area (Å²) in [5.41, 5.74) is 4.30. The highest BCUT2D eigenvalue weighted by atomic mass is 16.5. The van der Waals surface area contributed by atoms with E-state index in [0.717, 1.165) is 62.7 Å². The summed E-state index contributed by atoms with van der Waals surface area (Å²) in [7, 11) is 0. The average Bonchev–Trinajstić information content (AvgIpc) is 2.85. The quantitative estimate of drug-likeness (QED) is 0.181. The molecule has 1 aliphatic carbocycles. The molecular formula is C30H40O3. The van der Waals surface area contributed by atoms with Crippen molar-refractivity contribution in [1.29, 1.82) is 0 Å². The molecule has 1 aliphatic rings. The van der Waals surface area contributed by atoms with Gasteiger partial charge in [0.15, 0.2) is 0 Å². The normalized spacial score (nSPS) is 18.0. The maximum absolute atomic E-state index is 11.0. The van der Waals surface area contributed by atoms with Crippen LogP contribution in [0.3, 0.4) is 0 Å². The minimum absolute atomic E-state index is 0.343. The van der Waals surface area contributed by atoms with E-state index in [4.69, 9.17) is 9.47 Å². The summed E-state index contributed by atoms with van der Waals surface area (Å²) in [4.78, 5) is 11.0. The van der Waals surface area contributed by atoms with Crippen LogP contribution in [0.2, 0.25) is 0 Å². The van der Waals surface area contributed by atoms with Crippen LogP contribution in [0.1, 0.15) is 80.9 Å². The fourth-order valence-electron chi connectivity index (χ4n) is 4.57. The zero-order valence-corrected chi connectivity index (χ0v) is 20.3.